The topological polar surface area (TPSA) is 55.2 Å². The van der Waals surface area contributed by atoms with E-state index >= 15 is 0 Å². The molecule has 0 amide bonds. The van der Waals surface area contributed by atoms with Gasteiger partial charge in [0.15, 0.2) is 5.03 Å². The van der Waals surface area contributed by atoms with Crippen molar-refractivity contribution in [1.29, 1.82) is 0 Å². The number of halogens is 1. The Kier molecular flexibility index (Phi) is 3.54. The molecule has 0 bridgehead atoms. The van der Waals surface area contributed by atoms with Gasteiger partial charge in [-0.2, -0.15) is 4.31 Å². The fraction of sp³-hybridized carbons (Fsp3) is 0.357. The summed E-state index contributed by atoms with van der Waals surface area (Å²) in [7, 11) is -1.81. The van der Waals surface area contributed by atoms with Gasteiger partial charge < -0.3 is 4.57 Å². The summed E-state index contributed by atoms with van der Waals surface area (Å²) in [4.78, 5) is 3.93. The quantitative estimate of drug-likeness (QED) is 0.868. The van der Waals surface area contributed by atoms with Gasteiger partial charge >= 0.3 is 0 Å². The van der Waals surface area contributed by atoms with Crippen molar-refractivity contribution in [3.63, 3.8) is 0 Å². The van der Waals surface area contributed by atoms with Crippen molar-refractivity contribution >= 4 is 10.0 Å². The lowest BCUT2D eigenvalue weighted by molar-refractivity contribution is 0.470. The molecule has 0 saturated carbocycles. The van der Waals surface area contributed by atoms with E-state index in [9.17, 15) is 12.8 Å². The number of aromatic nitrogens is 2. The molecule has 112 valence electrons. The second-order valence-electron chi connectivity index (χ2n) is 5.28. The van der Waals surface area contributed by atoms with Crippen molar-refractivity contribution in [1.82, 2.24) is 13.9 Å². The maximum Gasteiger partial charge on any atom is 0.262 e. The van der Waals surface area contributed by atoms with Gasteiger partial charge in [-0.05, 0) is 30.0 Å². The van der Waals surface area contributed by atoms with E-state index in [1.807, 2.05) is 0 Å². The summed E-state index contributed by atoms with van der Waals surface area (Å²) in [6, 6.07) is 6.25. The van der Waals surface area contributed by atoms with Crippen LogP contribution in [0, 0.1) is 5.82 Å². The fourth-order valence-corrected chi connectivity index (χ4v) is 4.07. The number of sulfonamides is 1. The SMILES string of the molecule is Cn1cnc(S(=O)(=O)N2CC[C@@H](c3ccc(F)cc3)C2)c1. The Bertz CT molecular complexity index is 740. The molecular weight excluding hydrogens is 293 g/mol. The van der Waals surface area contributed by atoms with Crippen LogP contribution in [0.15, 0.2) is 41.8 Å². The highest BCUT2D eigenvalue weighted by molar-refractivity contribution is 7.89. The minimum Gasteiger partial charge on any atom is -0.339 e. The van der Waals surface area contributed by atoms with Crippen molar-refractivity contribution in [2.24, 2.45) is 7.05 Å². The Balaban J connectivity index is 1.79. The number of hydrogen-bond acceptors (Lipinski definition) is 3. The lowest BCUT2D eigenvalue weighted by Crippen LogP contribution is -2.29. The minimum absolute atomic E-state index is 0.0738. The van der Waals surface area contributed by atoms with Crippen LogP contribution in [0.25, 0.3) is 0 Å². The van der Waals surface area contributed by atoms with E-state index in [4.69, 9.17) is 0 Å². The second-order valence-corrected chi connectivity index (χ2v) is 7.16. The maximum atomic E-state index is 12.9. The Morgan fingerprint density at radius 2 is 2.00 bits per heavy atom. The number of aryl methyl sites for hydroxylation is 1. The van der Waals surface area contributed by atoms with Crippen molar-refractivity contribution < 1.29 is 12.8 Å². The Hall–Kier alpha value is -1.73. The molecule has 1 saturated heterocycles. The molecule has 2 aromatic rings. The summed E-state index contributed by atoms with van der Waals surface area (Å²) >= 11 is 0. The van der Waals surface area contributed by atoms with Crippen LogP contribution in [-0.2, 0) is 17.1 Å². The molecule has 1 fully saturated rings. The molecule has 0 radical (unpaired) electrons. The van der Waals surface area contributed by atoms with Crippen molar-refractivity contribution in [3.05, 3.63) is 48.2 Å². The maximum absolute atomic E-state index is 12.9. The average molecular weight is 309 g/mol. The molecule has 1 aliphatic heterocycles. The van der Waals surface area contributed by atoms with Gasteiger partial charge in [0.2, 0.25) is 0 Å². The molecule has 5 nitrogen and oxygen atoms in total. The van der Waals surface area contributed by atoms with Crippen LogP contribution in [0.5, 0.6) is 0 Å². The van der Waals surface area contributed by atoms with Gasteiger partial charge in [-0.25, -0.2) is 17.8 Å². The van der Waals surface area contributed by atoms with Crippen LogP contribution >= 0.6 is 0 Å². The minimum atomic E-state index is -3.54. The third kappa shape index (κ3) is 2.71. The normalized spacial score (nSPS) is 20.0. The summed E-state index contributed by atoms with van der Waals surface area (Å²) in [5.74, 6) is -0.182. The molecule has 1 aliphatic rings. The zero-order chi connectivity index (χ0) is 15.0. The third-order valence-electron chi connectivity index (χ3n) is 3.78. The van der Waals surface area contributed by atoms with Crippen LogP contribution in [0.4, 0.5) is 4.39 Å². The predicted octanol–water partition coefficient (Wildman–Crippen LogP) is 1.74. The summed E-state index contributed by atoms with van der Waals surface area (Å²) in [5.41, 5.74) is 0.968. The smallest absolute Gasteiger partial charge is 0.262 e. The number of benzene rings is 1. The van der Waals surface area contributed by atoms with Crippen molar-refractivity contribution in [3.8, 4) is 0 Å². The Morgan fingerprint density at radius 1 is 1.29 bits per heavy atom. The van der Waals surface area contributed by atoms with Gasteiger partial charge in [-0.15, -0.1) is 0 Å². The number of imidazole rings is 1. The molecule has 3 rings (SSSR count). The van der Waals surface area contributed by atoms with E-state index in [2.05, 4.69) is 4.98 Å². The molecule has 7 heteroatoms. The lowest BCUT2D eigenvalue weighted by atomic mass is 9.99. The molecule has 21 heavy (non-hydrogen) atoms. The van der Waals surface area contributed by atoms with Gasteiger partial charge in [0.05, 0.1) is 6.33 Å². The number of hydrogen-bond donors (Lipinski definition) is 0. The number of nitrogens with zero attached hydrogens (tertiary/aromatic N) is 3. The second kappa shape index (κ2) is 5.23. The van der Waals surface area contributed by atoms with Gasteiger partial charge in [0.25, 0.3) is 10.0 Å². The van der Waals surface area contributed by atoms with E-state index in [0.29, 0.717) is 13.1 Å². The lowest BCUT2D eigenvalue weighted by Gasteiger charge is -2.15. The van der Waals surface area contributed by atoms with Crippen molar-refractivity contribution in [2.45, 2.75) is 17.4 Å². The van der Waals surface area contributed by atoms with Crippen LogP contribution in [0.2, 0.25) is 0 Å². The standard InChI is InChI=1S/C14H16FN3O2S/c1-17-9-14(16-10-17)21(19,20)18-7-6-12(8-18)11-2-4-13(15)5-3-11/h2-5,9-10,12H,6-8H2,1H3/t12-/m1/s1. The van der Waals surface area contributed by atoms with Crippen LogP contribution in [0.3, 0.4) is 0 Å². The first-order chi connectivity index (χ1) is 9.96. The number of rotatable bonds is 3. The fourth-order valence-electron chi connectivity index (χ4n) is 2.61. The van der Waals surface area contributed by atoms with Crippen LogP contribution in [-0.4, -0.2) is 35.4 Å². The molecule has 0 N–H and O–H groups in total. The molecule has 2 heterocycles. The largest absolute Gasteiger partial charge is 0.339 e. The summed E-state index contributed by atoms with van der Waals surface area (Å²) in [6.45, 7) is 0.867. The first-order valence-corrected chi connectivity index (χ1v) is 8.14. The summed E-state index contributed by atoms with van der Waals surface area (Å²) < 4.78 is 40.9. The first-order valence-electron chi connectivity index (χ1n) is 6.70. The highest BCUT2D eigenvalue weighted by Crippen LogP contribution is 2.30. The van der Waals surface area contributed by atoms with Gasteiger partial charge in [0.1, 0.15) is 5.82 Å². The van der Waals surface area contributed by atoms with Gasteiger partial charge in [-0.1, -0.05) is 12.1 Å². The van der Waals surface area contributed by atoms with Crippen LogP contribution in [0.1, 0.15) is 17.9 Å². The summed E-state index contributed by atoms with van der Waals surface area (Å²) in [6.07, 6.45) is 3.71. The molecule has 0 spiro atoms. The van der Waals surface area contributed by atoms with E-state index < -0.39 is 10.0 Å². The molecule has 1 aromatic heterocycles. The molecule has 0 aliphatic carbocycles. The molecule has 1 atom stereocenters. The monoisotopic (exact) mass is 309 g/mol. The van der Waals surface area contributed by atoms with Gasteiger partial charge in [0, 0.05) is 26.3 Å². The van der Waals surface area contributed by atoms with Gasteiger partial charge in [-0.3, -0.25) is 0 Å². The molecule has 1 aromatic carbocycles. The van der Waals surface area contributed by atoms with Crippen LogP contribution < -0.4 is 0 Å². The Labute approximate surface area is 123 Å². The Morgan fingerprint density at radius 3 is 2.62 bits per heavy atom. The highest BCUT2D eigenvalue weighted by Gasteiger charge is 2.34. The molecular formula is C14H16FN3O2S. The zero-order valence-electron chi connectivity index (χ0n) is 11.6. The van der Waals surface area contributed by atoms with E-state index in [1.165, 1.54) is 29.0 Å². The van der Waals surface area contributed by atoms with E-state index in [0.717, 1.165) is 12.0 Å². The predicted molar refractivity (Wildman–Crippen MR) is 75.7 cm³/mol. The summed E-state index contributed by atoms with van der Waals surface area (Å²) in [5, 5.41) is 0.0738. The zero-order valence-corrected chi connectivity index (χ0v) is 12.4. The average Bonchev–Trinajstić information content (AvgIpc) is 3.09. The first kappa shape index (κ1) is 14.2. The van der Waals surface area contributed by atoms with Crippen molar-refractivity contribution in [2.75, 3.05) is 13.1 Å². The molecule has 0 unspecified atom stereocenters. The highest BCUT2D eigenvalue weighted by atomic mass is 32.2. The third-order valence-corrected chi connectivity index (χ3v) is 5.53. The van der Waals surface area contributed by atoms with E-state index in [1.54, 1.807) is 23.7 Å². The van der Waals surface area contributed by atoms with E-state index in [-0.39, 0.29) is 16.8 Å².